The summed E-state index contributed by atoms with van der Waals surface area (Å²) < 4.78 is 28.1. The van der Waals surface area contributed by atoms with Crippen molar-refractivity contribution < 1.29 is 18.1 Å². The fourth-order valence-electron chi connectivity index (χ4n) is 1.64. The highest BCUT2D eigenvalue weighted by Crippen LogP contribution is 2.49. The molecule has 0 saturated carbocycles. The van der Waals surface area contributed by atoms with Gasteiger partial charge in [-0.2, -0.15) is 0 Å². The van der Waals surface area contributed by atoms with Crippen molar-refractivity contribution in [2.45, 2.75) is 59.7 Å². The van der Waals surface area contributed by atoms with Crippen LogP contribution in [0.25, 0.3) is 0 Å². The minimum absolute atomic E-state index is 0.319. The third-order valence-corrected chi connectivity index (χ3v) is 6.73. The lowest BCUT2D eigenvalue weighted by Gasteiger charge is -2.23. The van der Waals surface area contributed by atoms with Crippen molar-refractivity contribution in [3.05, 3.63) is 11.3 Å². The molecule has 0 bridgehead atoms. The maximum atomic E-state index is 12.3. The van der Waals surface area contributed by atoms with E-state index in [9.17, 15) is 4.57 Å². The molecule has 20 heavy (non-hydrogen) atoms. The first kappa shape index (κ1) is 20.1. The van der Waals surface area contributed by atoms with Crippen LogP contribution >= 0.6 is 7.82 Å². The molecule has 0 rings (SSSR count). The Morgan fingerprint density at radius 1 is 1.05 bits per heavy atom. The van der Waals surface area contributed by atoms with Crippen LogP contribution in [0.1, 0.15) is 40.0 Å². The fraction of sp³-hybridized carbons (Fsp3) is 0.857. The number of phosphoric ester groups is 1. The minimum Gasteiger partial charge on any atom is -0.287 e. The standard InChI is InChI=1S/C14H31O4PSi/c1-7-10-11-12-14(20(4,5)6)13-18-19(15,16-8-2)17-9-3/h12H,7-11,13H2,1-6H3/b14-12-. The lowest BCUT2D eigenvalue weighted by molar-refractivity contribution is 0.130. The van der Waals surface area contributed by atoms with E-state index in [-0.39, 0.29) is 0 Å². The molecule has 120 valence electrons. The monoisotopic (exact) mass is 322 g/mol. The van der Waals surface area contributed by atoms with Crippen molar-refractivity contribution in [3.8, 4) is 0 Å². The van der Waals surface area contributed by atoms with Crippen molar-refractivity contribution in [1.29, 1.82) is 0 Å². The highest BCUT2D eigenvalue weighted by molar-refractivity contribution is 7.48. The van der Waals surface area contributed by atoms with Gasteiger partial charge in [-0.3, -0.25) is 13.6 Å². The van der Waals surface area contributed by atoms with Crippen molar-refractivity contribution in [3.63, 3.8) is 0 Å². The molecule has 0 saturated heterocycles. The Labute approximate surface area is 125 Å². The smallest absolute Gasteiger partial charge is 0.287 e. The summed E-state index contributed by atoms with van der Waals surface area (Å²) in [6.45, 7) is 13.5. The molecular weight excluding hydrogens is 291 g/mol. The number of allylic oxidation sites excluding steroid dienone is 1. The molecule has 0 aromatic heterocycles. The van der Waals surface area contributed by atoms with E-state index in [0.717, 1.165) is 6.42 Å². The molecule has 0 atom stereocenters. The van der Waals surface area contributed by atoms with Crippen LogP contribution < -0.4 is 0 Å². The zero-order chi connectivity index (χ0) is 15.6. The van der Waals surface area contributed by atoms with E-state index in [1.807, 2.05) is 0 Å². The summed E-state index contributed by atoms with van der Waals surface area (Å²) in [5, 5.41) is 1.27. The minimum atomic E-state index is -3.40. The first-order valence-corrected chi connectivity index (χ1v) is 12.5. The quantitative estimate of drug-likeness (QED) is 0.299. The van der Waals surface area contributed by atoms with Gasteiger partial charge in [-0.15, -0.1) is 0 Å². The molecule has 0 N–H and O–H groups in total. The first-order chi connectivity index (χ1) is 9.29. The van der Waals surface area contributed by atoms with E-state index >= 15 is 0 Å². The maximum absolute atomic E-state index is 12.3. The van der Waals surface area contributed by atoms with Gasteiger partial charge in [-0.05, 0) is 20.3 Å². The molecule has 0 aliphatic heterocycles. The number of unbranched alkanes of at least 4 members (excludes halogenated alkanes) is 2. The fourth-order valence-corrected chi connectivity index (χ4v) is 4.18. The largest absolute Gasteiger partial charge is 0.475 e. The zero-order valence-electron chi connectivity index (χ0n) is 13.9. The van der Waals surface area contributed by atoms with Gasteiger partial charge >= 0.3 is 7.82 Å². The predicted molar refractivity (Wildman–Crippen MR) is 87.8 cm³/mol. The van der Waals surface area contributed by atoms with Crippen LogP contribution in [0.2, 0.25) is 19.6 Å². The Kier molecular flexibility index (Phi) is 9.94. The Morgan fingerprint density at radius 3 is 2.00 bits per heavy atom. The Hall–Kier alpha value is 0.0669. The number of phosphoric acid groups is 1. The molecule has 0 amide bonds. The van der Waals surface area contributed by atoms with Gasteiger partial charge in [-0.25, -0.2) is 4.57 Å². The molecule has 0 spiro atoms. The summed E-state index contributed by atoms with van der Waals surface area (Å²) in [7, 11) is -4.88. The molecule has 6 heteroatoms. The molecule has 0 aromatic carbocycles. The summed E-state index contributed by atoms with van der Waals surface area (Å²) in [6.07, 6.45) is 5.64. The van der Waals surface area contributed by atoms with Gasteiger partial charge in [-0.1, -0.05) is 50.7 Å². The summed E-state index contributed by atoms with van der Waals surface area (Å²) >= 11 is 0. The highest BCUT2D eigenvalue weighted by atomic mass is 31.2. The van der Waals surface area contributed by atoms with E-state index in [4.69, 9.17) is 13.6 Å². The van der Waals surface area contributed by atoms with Crippen LogP contribution in [0.4, 0.5) is 0 Å². The van der Waals surface area contributed by atoms with Gasteiger partial charge in [0.15, 0.2) is 0 Å². The molecule has 0 aromatic rings. The predicted octanol–water partition coefficient (Wildman–Crippen LogP) is 5.18. The Balaban J connectivity index is 4.73. The van der Waals surface area contributed by atoms with E-state index in [0.29, 0.717) is 19.8 Å². The number of rotatable bonds is 11. The van der Waals surface area contributed by atoms with Crippen molar-refractivity contribution >= 4 is 15.9 Å². The number of hydrogen-bond donors (Lipinski definition) is 0. The molecule has 0 unspecified atom stereocenters. The summed E-state index contributed by atoms with van der Waals surface area (Å²) in [5.41, 5.74) is 0. The van der Waals surface area contributed by atoms with Crippen LogP contribution in [0.15, 0.2) is 11.3 Å². The normalized spacial score (nSPS) is 13.8. The second kappa shape index (κ2) is 9.90. The van der Waals surface area contributed by atoms with Gasteiger partial charge in [0, 0.05) is 0 Å². The van der Waals surface area contributed by atoms with Gasteiger partial charge in [0.1, 0.15) is 0 Å². The summed E-state index contributed by atoms with van der Waals surface area (Å²) in [6, 6.07) is 0. The third kappa shape index (κ3) is 8.38. The van der Waals surface area contributed by atoms with Gasteiger partial charge in [0.05, 0.1) is 27.9 Å². The highest BCUT2D eigenvalue weighted by Gasteiger charge is 2.28. The Bertz CT molecular complexity index is 327. The summed E-state index contributed by atoms with van der Waals surface area (Å²) in [4.78, 5) is 0. The molecule has 0 radical (unpaired) electrons. The Morgan fingerprint density at radius 2 is 1.60 bits per heavy atom. The van der Waals surface area contributed by atoms with Crippen molar-refractivity contribution in [2.24, 2.45) is 0 Å². The van der Waals surface area contributed by atoms with E-state index in [2.05, 4.69) is 32.6 Å². The van der Waals surface area contributed by atoms with Crippen molar-refractivity contribution in [1.82, 2.24) is 0 Å². The average molecular weight is 322 g/mol. The van der Waals surface area contributed by atoms with Gasteiger partial charge < -0.3 is 0 Å². The molecule has 4 nitrogen and oxygen atoms in total. The first-order valence-electron chi connectivity index (χ1n) is 7.52. The lowest BCUT2D eigenvalue weighted by Crippen LogP contribution is -2.27. The third-order valence-electron chi connectivity index (χ3n) is 2.86. The van der Waals surface area contributed by atoms with Crippen LogP contribution in [0, 0.1) is 0 Å². The van der Waals surface area contributed by atoms with Crippen LogP contribution in [0.3, 0.4) is 0 Å². The maximum Gasteiger partial charge on any atom is 0.475 e. The average Bonchev–Trinajstić information content (AvgIpc) is 2.32. The second-order valence-electron chi connectivity index (χ2n) is 5.68. The van der Waals surface area contributed by atoms with E-state index in [1.54, 1.807) is 13.8 Å². The zero-order valence-corrected chi connectivity index (χ0v) is 15.8. The van der Waals surface area contributed by atoms with Crippen LogP contribution in [0.5, 0.6) is 0 Å². The van der Waals surface area contributed by atoms with E-state index in [1.165, 1.54) is 18.0 Å². The molecule has 0 heterocycles. The molecule has 0 fully saturated rings. The van der Waals surface area contributed by atoms with Gasteiger partial charge in [0.25, 0.3) is 0 Å². The van der Waals surface area contributed by atoms with Crippen LogP contribution in [-0.2, 0) is 18.1 Å². The molecular formula is C14H31O4PSi. The number of hydrogen-bond acceptors (Lipinski definition) is 4. The molecule has 0 aliphatic carbocycles. The van der Waals surface area contributed by atoms with Crippen LogP contribution in [-0.4, -0.2) is 27.9 Å². The topological polar surface area (TPSA) is 44.8 Å². The van der Waals surface area contributed by atoms with Gasteiger partial charge in [0.2, 0.25) is 0 Å². The molecule has 0 aliphatic rings. The summed E-state index contributed by atoms with van der Waals surface area (Å²) in [5.74, 6) is 0. The van der Waals surface area contributed by atoms with E-state index < -0.39 is 15.9 Å². The van der Waals surface area contributed by atoms with Crippen molar-refractivity contribution in [2.75, 3.05) is 19.8 Å². The SMILES string of the molecule is CCCC/C=C(/COP(=O)(OCC)OCC)[Si](C)(C)C. The lowest BCUT2D eigenvalue weighted by atomic mass is 10.2. The second-order valence-corrected chi connectivity index (χ2v) is 12.5.